The van der Waals surface area contributed by atoms with E-state index in [2.05, 4.69) is 25.4 Å². The number of aromatic nitrogens is 5. The van der Waals surface area contributed by atoms with Crippen LogP contribution in [0.15, 0.2) is 51.9 Å². The zero-order valence-electron chi connectivity index (χ0n) is 18.0. The summed E-state index contributed by atoms with van der Waals surface area (Å²) in [6, 6.07) is 11.8. The van der Waals surface area contributed by atoms with E-state index in [-0.39, 0.29) is 11.7 Å². The highest BCUT2D eigenvalue weighted by molar-refractivity contribution is 5.81. The molecule has 1 N–H and O–H groups in total. The second-order valence-electron chi connectivity index (χ2n) is 8.30. The second kappa shape index (κ2) is 9.05. The summed E-state index contributed by atoms with van der Waals surface area (Å²) in [5, 5.41) is 13.3. The lowest BCUT2D eigenvalue weighted by Crippen LogP contribution is -2.28. The zero-order valence-corrected chi connectivity index (χ0v) is 18.0. The first-order valence-corrected chi connectivity index (χ1v) is 10.9. The fourth-order valence-corrected chi connectivity index (χ4v) is 4.24. The van der Waals surface area contributed by atoms with Crippen LogP contribution in [-0.2, 0) is 30.9 Å². The van der Waals surface area contributed by atoms with Crippen LogP contribution in [0.25, 0.3) is 10.9 Å². The van der Waals surface area contributed by atoms with Crippen molar-refractivity contribution in [1.82, 2.24) is 30.1 Å². The van der Waals surface area contributed by atoms with E-state index in [9.17, 15) is 4.79 Å². The number of benzene rings is 1. The fraction of sp³-hybridized carbons (Fsp3) is 0.391. The SMILES string of the molecule is Cc1cccc2cc(CN(Cc3ccco3)Cc3nnnn3CC3CCCO3)c(=O)[nH]c12. The van der Waals surface area contributed by atoms with Crippen molar-refractivity contribution < 1.29 is 9.15 Å². The van der Waals surface area contributed by atoms with E-state index < -0.39 is 0 Å². The molecule has 4 aromatic rings. The van der Waals surface area contributed by atoms with Crippen LogP contribution in [0, 0.1) is 6.92 Å². The van der Waals surface area contributed by atoms with Gasteiger partial charge in [-0.2, -0.15) is 0 Å². The third-order valence-corrected chi connectivity index (χ3v) is 5.89. The smallest absolute Gasteiger partial charge is 0.252 e. The van der Waals surface area contributed by atoms with E-state index >= 15 is 0 Å². The lowest BCUT2D eigenvalue weighted by atomic mass is 10.1. The minimum Gasteiger partial charge on any atom is -0.468 e. The molecule has 1 fully saturated rings. The molecule has 9 nitrogen and oxygen atoms in total. The Labute approximate surface area is 185 Å². The highest BCUT2D eigenvalue weighted by Gasteiger charge is 2.21. The number of aromatic amines is 1. The van der Waals surface area contributed by atoms with Gasteiger partial charge in [-0.1, -0.05) is 18.2 Å². The topological polar surface area (TPSA) is 102 Å². The summed E-state index contributed by atoms with van der Waals surface area (Å²) in [7, 11) is 0. The average molecular weight is 435 g/mol. The lowest BCUT2D eigenvalue weighted by molar-refractivity contribution is 0.0913. The van der Waals surface area contributed by atoms with E-state index in [1.165, 1.54) is 0 Å². The number of ether oxygens (including phenoxy) is 1. The molecule has 0 amide bonds. The number of rotatable bonds is 8. The molecule has 1 atom stereocenters. The van der Waals surface area contributed by atoms with Gasteiger partial charge in [-0.3, -0.25) is 9.69 Å². The molecule has 3 aromatic heterocycles. The Morgan fingerprint density at radius 2 is 2.16 bits per heavy atom. The molecule has 0 bridgehead atoms. The zero-order chi connectivity index (χ0) is 21.9. The van der Waals surface area contributed by atoms with Gasteiger partial charge < -0.3 is 14.1 Å². The predicted octanol–water partition coefficient (Wildman–Crippen LogP) is 2.80. The van der Waals surface area contributed by atoms with Crippen molar-refractivity contribution in [3.63, 3.8) is 0 Å². The molecule has 9 heteroatoms. The number of hydrogen-bond donors (Lipinski definition) is 1. The summed E-state index contributed by atoms with van der Waals surface area (Å²) in [6.07, 6.45) is 3.88. The van der Waals surface area contributed by atoms with Crippen molar-refractivity contribution in [3.8, 4) is 0 Å². The Bertz CT molecular complexity index is 1240. The molecule has 0 radical (unpaired) electrons. The molecule has 1 aliphatic rings. The number of para-hydroxylation sites is 1. The molecule has 1 saturated heterocycles. The predicted molar refractivity (Wildman–Crippen MR) is 118 cm³/mol. The van der Waals surface area contributed by atoms with Crippen LogP contribution >= 0.6 is 0 Å². The largest absolute Gasteiger partial charge is 0.468 e. The standard InChI is InChI=1S/C23H26N6O3/c1-16-5-2-6-17-11-18(23(30)24-22(16)17)12-28(13-19-7-3-9-31-19)15-21-25-26-27-29(21)14-20-8-4-10-32-20/h2-3,5-7,9,11,20H,4,8,10,12-15H2,1H3,(H,24,30). The second-order valence-corrected chi connectivity index (χ2v) is 8.30. The summed E-state index contributed by atoms with van der Waals surface area (Å²) < 4.78 is 13.1. The summed E-state index contributed by atoms with van der Waals surface area (Å²) in [6.45, 7) is 4.86. The summed E-state index contributed by atoms with van der Waals surface area (Å²) in [4.78, 5) is 18.0. The number of pyridine rings is 1. The van der Waals surface area contributed by atoms with Gasteiger partial charge in [-0.05, 0) is 59.3 Å². The van der Waals surface area contributed by atoms with Gasteiger partial charge in [0.15, 0.2) is 5.82 Å². The minimum atomic E-state index is -0.0878. The van der Waals surface area contributed by atoms with Crippen molar-refractivity contribution in [1.29, 1.82) is 0 Å². The van der Waals surface area contributed by atoms with Crippen LogP contribution < -0.4 is 5.56 Å². The molecule has 1 unspecified atom stereocenters. The van der Waals surface area contributed by atoms with Crippen LogP contribution in [0.2, 0.25) is 0 Å². The monoisotopic (exact) mass is 434 g/mol. The average Bonchev–Trinajstić information content (AvgIpc) is 3.54. The maximum atomic E-state index is 12.9. The molecular weight excluding hydrogens is 408 g/mol. The number of tetrazole rings is 1. The van der Waals surface area contributed by atoms with Gasteiger partial charge in [-0.25, -0.2) is 4.68 Å². The molecule has 32 heavy (non-hydrogen) atoms. The Hall–Kier alpha value is -3.30. The molecule has 0 spiro atoms. The Morgan fingerprint density at radius 1 is 1.22 bits per heavy atom. The number of nitrogens with zero attached hydrogens (tertiary/aromatic N) is 5. The van der Waals surface area contributed by atoms with Gasteiger partial charge >= 0.3 is 0 Å². The number of hydrogen-bond acceptors (Lipinski definition) is 7. The van der Waals surface area contributed by atoms with Crippen LogP contribution in [0.3, 0.4) is 0 Å². The van der Waals surface area contributed by atoms with Gasteiger partial charge in [0.2, 0.25) is 0 Å². The Kier molecular flexibility index (Phi) is 5.83. The van der Waals surface area contributed by atoms with Crippen LogP contribution in [-0.4, -0.2) is 42.8 Å². The number of furan rings is 1. The third-order valence-electron chi connectivity index (χ3n) is 5.89. The van der Waals surface area contributed by atoms with E-state index in [1.807, 2.05) is 43.3 Å². The van der Waals surface area contributed by atoms with Crippen LogP contribution in [0.5, 0.6) is 0 Å². The quantitative estimate of drug-likeness (QED) is 0.455. The minimum absolute atomic E-state index is 0.0878. The van der Waals surface area contributed by atoms with Crippen molar-refractivity contribution in [2.45, 2.75) is 52.0 Å². The normalized spacial score (nSPS) is 16.4. The first kappa shape index (κ1) is 20.6. The van der Waals surface area contributed by atoms with Crippen molar-refractivity contribution in [3.05, 3.63) is 75.7 Å². The Balaban J connectivity index is 1.41. The maximum Gasteiger partial charge on any atom is 0.252 e. The molecular formula is C23H26N6O3. The fourth-order valence-electron chi connectivity index (χ4n) is 4.24. The number of aryl methyl sites for hydroxylation is 1. The van der Waals surface area contributed by atoms with Crippen molar-refractivity contribution >= 4 is 10.9 Å². The summed E-state index contributed by atoms with van der Waals surface area (Å²) in [5.74, 6) is 1.55. The van der Waals surface area contributed by atoms with Gasteiger partial charge in [-0.15, -0.1) is 5.10 Å². The molecule has 0 aliphatic carbocycles. The first-order valence-electron chi connectivity index (χ1n) is 10.9. The highest BCUT2D eigenvalue weighted by Crippen LogP contribution is 2.18. The molecule has 166 valence electrons. The summed E-state index contributed by atoms with van der Waals surface area (Å²) in [5.41, 5.74) is 2.52. The van der Waals surface area contributed by atoms with Gasteiger partial charge in [0.05, 0.1) is 37.5 Å². The van der Waals surface area contributed by atoms with E-state index in [0.717, 1.165) is 47.5 Å². The maximum absolute atomic E-state index is 12.9. The third kappa shape index (κ3) is 4.49. The van der Waals surface area contributed by atoms with E-state index in [0.29, 0.717) is 31.7 Å². The van der Waals surface area contributed by atoms with Crippen molar-refractivity contribution in [2.24, 2.45) is 0 Å². The number of fused-ring (bicyclic) bond motifs is 1. The Morgan fingerprint density at radius 3 is 2.97 bits per heavy atom. The molecule has 1 aliphatic heterocycles. The van der Waals surface area contributed by atoms with Gasteiger partial charge in [0, 0.05) is 18.7 Å². The highest BCUT2D eigenvalue weighted by atomic mass is 16.5. The van der Waals surface area contributed by atoms with E-state index in [1.54, 1.807) is 10.9 Å². The molecule has 5 rings (SSSR count). The van der Waals surface area contributed by atoms with Gasteiger partial charge in [0.1, 0.15) is 5.76 Å². The van der Waals surface area contributed by atoms with E-state index in [4.69, 9.17) is 9.15 Å². The lowest BCUT2D eigenvalue weighted by Gasteiger charge is -2.21. The first-order chi connectivity index (χ1) is 15.7. The van der Waals surface area contributed by atoms with Crippen LogP contribution in [0.4, 0.5) is 0 Å². The van der Waals surface area contributed by atoms with Gasteiger partial charge in [0.25, 0.3) is 5.56 Å². The van der Waals surface area contributed by atoms with Crippen molar-refractivity contribution in [2.75, 3.05) is 6.61 Å². The number of H-pyrrole nitrogens is 1. The number of nitrogens with one attached hydrogen (secondary N) is 1. The van der Waals surface area contributed by atoms with Crippen LogP contribution in [0.1, 0.15) is 35.6 Å². The molecule has 0 saturated carbocycles. The molecule has 4 heterocycles. The molecule has 1 aromatic carbocycles. The summed E-state index contributed by atoms with van der Waals surface area (Å²) >= 11 is 0.